The Morgan fingerprint density at radius 1 is 1.13 bits per heavy atom. The second kappa shape index (κ2) is 6.52. The van der Waals surface area contributed by atoms with E-state index in [4.69, 9.17) is 4.42 Å². The molecule has 2 unspecified atom stereocenters. The summed E-state index contributed by atoms with van der Waals surface area (Å²) in [5, 5.41) is 14.6. The first-order chi connectivity index (χ1) is 11.0. The molecular formula is C19H22N2O2. The van der Waals surface area contributed by atoms with Gasteiger partial charge in [-0.1, -0.05) is 0 Å². The highest BCUT2D eigenvalue weighted by molar-refractivity contribution is 5.79. The minimum absolute atomic E-state index is 0.0273. The van der Waals surface area contributed by atoms with Crippen molar-refractivity contribution >= 4 is 11.0 Å². The molecule has 0 aliphatic rings. The summed E-state index contributed by atoms with van der Waals surface area (Å²) in [4.78, 5) is 3.96. The molecule has 23 heavy (non-hydrogen) atoms. The Morgan fingerprint density at radius 2 is 1.83 bits per heavy atom. The monoisotopic (exact) mass is 310 g/mol. The summed E-state index contributed by atoms with van der Waals surface area (Å²) >= 11 is 0. The van der Waals surface area contributed by atoms with E-state index in [0.717, 1.165) is 22.3 Å². The maximum Gasteiger partial charge on any atom is 0.134 e. The third-order valence-corrected chi connectivity index (χ3v) is 4.29. The van der Waals surface area contributed by atoms with Crippen molar-refractivity contribution in [2.24, 2.45) is 0 Å². The molecule has 4 nitrogen and oxygen atoms in total. The number of hydrogen-bond acceptors (Lipinski definition) is 4. The highest BCUT2D eigenvalue weighted by Crippen LogP contribution is 2.26. The Kier molecular flexibility index (Phi) is 4.46. The Balaban J connectivity index is 1.69. The highest BCUT2D eigenvalue weighted by atomic mass is 16.3. The van der Waals surface area contributed by atoms with Crippen LogP contribution in [0.4, 0.5) is 0 Å². The topological polar surface area (TPSA) is 58.3 Å². The van der Waals surface area contributed by atoms with E-state index in [9.17, 15) is 5.11 Å². The van der Waals surface area contributed by atoms with Crippen molar-refractivity contribution < 1.29 is 9.52 Å². The van der Waals surface area contributed by atoms with Gasteiger partial charge in [-0.25, -0.2) is 0 Å². The molecule has 0 amide bonds. The van der Waals surface area contributed by atoms with Gasteiger partial charge >= 0.3 is 0 Å². The number of hydrogen-bond donors (Lipinski definition) is 2. The lowest BCUT2D eigenvalue weighted by atomic mass is 10.1. The number of rotatable bonds is 5. The van der Waals surface area contributed by atoms with Crippen LogP contribution in [-0.4, -0.2) is 16.6 Å². The summed E-state index contributed by atoms with van der Waals surface area (Å²) in [7, 11) is 0. The molecule has 0 saturated carbocycles. The van der Waals surface area contributed by atoms with Crippen LogP contribution in [0.15, 0.2) is 47.1 Å². The van der Waals surface area contributed by atoms with E-state index in [1.165, 1.54) is 11.1 Å². The van der Waals surface area contributed by atoms with Crippen molar-refractivity contribution in [3.63, 3.8) is 0 Å². The average molecular weight is 310 g/mol. The van der Waals surface area contributed by atoms with E-state index >= 15 is 0 Å². The summed E-state index contributed by atoms with van der Waals surface area (Å²) in [5.41, 5.74) is 4.26. The fourth-order valence-electron chi connectivity index (χ4n) is 2.63. The van der Waals surface area contributed by atoms with Gasteiger partial charge in [0.25, 0.3) is 0 Å². The first-order valence-electron chi connectivity index (χ1n) is 7.86. The smallest absolute Gasteiger partial charge is 0.134 e. The first-order valence-corrected chi connectivity index (χ1v) is 7.86. The van der Waals surface area contributed by atoms with Gasteiger partial charge in [-0.3, -0.25) is 4.98 Å². The molecule has 0 bridgehead atoms. The predicted octanol–water partition coefficient (Wildman–Crippen LogP) is 3.83. The predicted molar refractivity (Wildman–Crippen MR) is 91.3 cm³/mol. The normalized spacial score (nSPS) is 14.1. The lowest BCUT2D eigenvalue weighted by Gasteiger charge is -2.15. The summed E-state index contributed by atoms with van der Waals surface area (Å²) in [6.45, 7) is 6.69. The van der Waals surface area contributed by atoms with Crippen LogP contribution < -0.4 is 5.32 Å². The molecule has 0 aliphatic heterocycles. The van der Waals surface area contributed by atoms with E-state index in [-0.39, 0.29) is 6.04 Å². The molecule has 0 spiro atoms. The fourth-order valence-corrected chi connectivity index (χ4v) is 2.63. The number of aliphatic hydroxyl groups excluding tert-OH is 1. The number of aryl methyl sites for hydroxylation is 2. The van der Waals surface area contributed by atoms with Crippen LogP contribution in [0.5, 0.6) is 0 Å². The van der Waals surface area contributed by atoms with Crippen molar-refractivity contribution in [3.05, 3.63) is 65.2 Å². The number of furan rings is 1. The fraction of sp³-hybridized carbons (Fsp3) is 0.316. The number of fused-ring (bicyclic) bond motifs is 1. The highest BCUT2D eigenvalue weighted by Gasteiger charge is 2.14. The van der Waals surface area contributed by atoms with Crippen LogP contribution in [-0.2, 0) is 0 Å². The first kappa shape index (κ1) is 15.7. The molecule has 120 valence electrons. The Morgan fingerprint density at radius 3 is 2.57 bits per heavy atom. The molecule has 3 aromatic rings. The lowest BCUT2D eigenvalue weighted by Crippen LogP contribution is -2.24. The van der Waals surface area contributed by atoms with Crippen LogP contribution in [0.2, 0.25) is 0 Å². The third kappa shape index (κ3) is 3.44. The standard InChI is InChI=1S/C19H22N2O2/c1-12-8-16-10-18(23-19(16)9-13(12)2)14(3)21-11-17(22)15-4-6-20-7-5-15/h4-10,14,17,21-22H,11H2,1-3H3. The summed E-state index contributed by atoms with van der Waals surface area (Å²) in [5.74, 6) is 0.881. The average Bonchev–Trinajstić information content (AvgIpc) is 2.96. The van der Waals surface area contributed by atoms with Gasteiger partial charge < -0.3 is 14.8 Å². The van der Waals surface area contributed by atoms with Gasteiger partial charge in [0.15, 0.2) is 0 Å². The SMILES string of the molecule is Cc1cc2cc(C(C)NCC(O)c3ccncc3)oc2cc1C. The maximum absolute atomic E-state index is 10.2. The molecule has 4 heteroatoms. The Hall–Kier alpha value is -2.17. The third-order valence-electron chi connectivity index (χ3n) is 4.29. The van der Waals surface area contributed by atoms with Gasteiger partial charge in [-0.05, 0) is 67.8 Å². The van der Waals surface area contributed by atoms with Gasteiger partial charge in [0.05, 0.1) is 12.1 Å². The van der Waals surface area contributed by atoms with Gasteiger partial charge in [-0.2, -0.15) is 0 Å². The Labute approximate surface area is 136 Å². The molecular weight excluding hydrogens is 288 g/mol. The largest absolute Gasteiger partial charge is 0.459 e. The van der Waals surface area contributed by atoms with Crippen LogP contribution >= 0.6 is 0 Å². The van der Waals surface area contributed by atoms with Crippen LogP contribution in [0.3, 0.4) is 0 Å². The summed E-state index contributed by atoms with van der Waals surface area (Å²) in [6.07, 6.45) is 2.81. The molecule has 0 radical (unpaired) electrons. The van der Waals surface area contributed by atoms with Gasteiger partial charge in [-0.15, -0.1) is 0 Å². The maximum atomic E-state index is 10.2. The Bertz CT molecular complexity index is 757. The van der Waals surface area contributed by atoms with Crippen molar-refractivity contribution in [3.8, 4) is 0 Å². The number of benzene rings is 1. The van der Waals surface area contributed by atoms with Crippen molar-refractivity contribution in [2.75, 3.05) is 6.54 Å². The molecule has 2 N–H and O–H groups in total. The van der Waals surface area contributed by atoms with Gasteiger partial charge in [0.2, 0.25) is 0 Å². The zero-order valence-corrected chi connectivity index (χ0v) is 13.7. The van der Waals surface area contributed by atoms with Crippen LogP contribution in [0, 0.1) is 13.8 Å². The second-order valence-electron chi connectivity index (χ2n) is 6.05. The zero-order valence-electron chi connectivity index (χ0n) is 13.7. The number of aromatic nitrogens is 1. The molecule has 3 rings (SSSR count). The molecule has 2 heterocycles. The quantitative estimate of drug-likeness (QED) is 0.752. The van der Waals surface area contributed by atoms with Crippen molar-refractivity contribution in [1.29, 1.82) is 0 Å². The van der Waals surface area contributed by atoms with Crippen LogP contribution in [0.25, 0.3) is 11.0 Å². The summed E-state index contributed by atoms with van der Waals surface area (Å²) < 4.78 is 5.95. The summed E-state index contributed by atoms with van der Waals surface area (Å²) in [6, 6.07) is 9.97. The van der Waals surface area contributed by atoms with E-state index in [1.54, 1.807) is 12.4 Å². The molecule has 0 saturated heterocycles. The van der Waals surface area contributed by atoms with Gasteiger partial charge in [0.1, 0.15) is 11.3 Å². The lowest BCUT2D eigenvalue weighted by molar-refractivity contribution is 0.169. The second-order valence-corrected chi connectivity index (χ2v) is 6.05. The van der Waals surface area contributed by atoms with Crippen molar-refractivity contribution in [1.82, 2.24) is 10.3 Å². The van der Waals surface area contributed by atoms with Crippen LogP contribution in [0.1, 0.15) is 41.5 Å². The number of pyridine rings is 1. The van der Waals surface area contributed by atoms with E-state index in [1.807, 2.05) is 19.1 Å². The minimum Gasteiger partial charge on any atom is -0.459 e. The molecule has 2 aromatic heterocycles. The van der Waals surface area contributed by atoms with E-state index < -0.39 is 6.10 Å². The van der Waals surface area contributed by atoms with E-state index in [0.29, 0.717) is 6.54 Å². The van der Waals surface area contributed by atoms with E-state index in [2.05, 4.69) is 42.3 Å². The van der Waals surface area contributed by atoms with Gasteiger partial charge in [0, 0.05) is 24.3 Å². The minimum atomic E-state index is -0.561. The molecule has 0 fully saturated rings. The number of nitrogens with one attached hydrogen (secondary N) is 1. The molecule has 1 aromatic carbocycles. The molecule has 0 aliphatic carbocycles. The van der Waals surface area contributed by atoms with Crippen molar-refractivity contribution in [2.45, 2.75) is 32.9 Å². The zero-order chi connectivity index (χ0) is 16.4. The number of nitrogens with zero attached hydrogens (tertiary/aromatic N) is 1. The molecule has 2 atom stereocenters. The number of aliphatic hydroxyl groups is 1.